The molecule has 0 saturated carbocycles. The van der Waals surface area contributed by atoms with Gasteiger partial charge in [0.1, 0.15) is 0 Å². The Morgan fingerprint density at radius 3 is 2.48 bits per heavy atom. The maximum atomic E-state index is 12.8. The monoisotopic (exact) mass is 341 g/mol. The molecule has 0 spiro atoms. The van der Waals surface area contributed by atoms with Crippen LogP contribution in [0.2, 0.25) is 0 Å². The van der Waals surface area contributed by atoms with Crippen LogP contribution in [0.5, 0.6) is 0 Å². The van der Waals surface area contributed by atoms with Crippen molar-refractivity contribution < 1.29 is 14.4 Å². The lowest BCUT2D eigenvalue weighted by Gasteiger charge is -2.17. The minimum Gasteiger partial charge on any atom is -0.338 e. The van der Waals surface area contributed by atoms with E-state index in [2.05, 4.69) is 5.32 Å². The lowest BCUT2D eigenvalue weighted by Crippen LogP contribution is -2.32. The number of unbranched alkanes of at least 4 members (excludes halogenated alkanes) is 1. The zero-order valence-corrected chi connectivity index (χ0v) is 14.5. The number of amides is 3. The fourth-order valence-electron chi connectivity index (χ4n) is 4.15. The molecular weight excluding hydrogens is 318 g/mol. The average molecular weight is 341 g/mol. The van der Waals surface area contributed by atoms with Gasteiger partial charge in [-0.05, 0) is 36.5 Å². The number of rotatable bonds is 4. The van der Waals surface area contributed by atoms with Gasteiger partial charge in [0.25, 0.3) is 17.7 Å². The molecule has 1 N–H and O–H groups in total. The van der Waals surface area contributed by atoms with Gasteiger partial charge in [0.15, 0.2) is 0 Å². The average Bonchev–Trinajstić information content (AvgIpc) is 3.27. The van der Waals surface area contributed by atoms with Gasteiger partial charge in [-0.3, -0.25) is 19.3 Å². The fourth-order valence-corrected chi connectivity index (χ4v) is 4.15. The molecular formula is C19H23N3O3. The van der Waals surface area contributed by atoms with Crippen LogP contribution >= 0.6 is 0 Å². The molecule has 1 aromatic carbocycles. The third-order valence-electron chi connectivity index (χ3n) is 5.63. The summed E-state index contributed by atoms with van der Waals surface area (Å²) < 4.78 is 0. The highest BCUT2D eigenvalue weighted by molar-refractivity contribution is 6.22. The number of benzene rings is 1. The number of hydrogen-bond donors (Lipinski definition) is 1. The predicted molar refractivity (Wildman–Crippen MR) is 92.5 cm³/mol. The quantitative estimate of drug-likeness (QED) is 0.840. The van der Waals surface area contributed by atoms with E-state index in [0.29, 0.717) is 35.1 Å². The Kier molecular flexibility index (Phi) is 4.07. The Balaban J connectivity index is 1.54. The van der Waals surface area contributed by atoms with E-state index in [1.807, 2.05) is 11.8 Å². The lowest BCUT2D eigenvalue weighted by atomic mass is 10.0. The molecule has 0 unspecified atom stereocenters. The normalized spacial score (nSPS) is 24.8. The van der Waals surface area contributed by atoms with Crippen LogP contribution in [-0.4, -0.2) is 60.2 Å². The van der Waals surface area contributed by atoms with E-state index in [1.54, 1.807) is 18.2 Å². The second-order valence-corrected chi connectivity index (χ2v) is 7.26. The Bertz CT molecular complexity index is 733. The Morgan fingerprint density at radius 2 is 1.80 bits per heavy atom. The highest BCUT2D eigenvalue weighted by Crippen LogP contribution is 2.29. The van der Waals surface area contributed by atoms with Crippen LogP contribution in [0.4, 0.5) is 0 Å². The molecule has 2 fully saturated rings. The maximum Gasteiger partial charge on any atom is 0.261 e. The Morgan fingerprint density at radius 1 is 1.12 bits per heavy atom. The molecule has 3 heterocycles. The molecule has 4 rings (SSSR count). The number of hydrogen-bond acceptors (Lipinski definition) is 4. The predicted octanol–water partition coefficient (Wildman–Crippen LogP) is 1.37. The number of nitrogens with one attached hydrogen (secondary N) is 1. The van der Waals surface area contributed by atoms with Crippen molar-refractivity contribution in [3.05, 3.63) is 34.9 Å². The van der Waals surface area contributed by atoms with Crippen molar-refractivity contribution in [2.75, 3.05) is 32.7 Å². The van der Waals surface area contributed by atoms with Crippen LogP contribution in [0, 0.1) is 11.8 Å². The molecule has 2 atom stereocenters. The summed E-state index contributed by atoms with van der Waals surface area (Å²) in [4.78, 5) is 40.9. The molecule has 3 amide bonds. The SMILES string of the molecule is CCCCN1C(=O)c2ccc(C(=O)N3C[C@H]4CNC[C@H]4C3)cc2C1=O. The largest absolute Gasteiger partial charge is 0.338 e. The molecule has 0 aromatic heterocycles. The molecule has 132 valence electrons. The Labute approximate surface area is 147 Å². The first-order chi connectivity index (χ1) is 12.1. The van der Waals surface area contributed by atoms with Crippen LogP contribution in [0.3, 0.4) is 0 Å². The van der Waals surface area contributed by atoms with Gasteiger partial charge >= 0.3 is 0 Å². The van der Waals surface area contributed by atoms with Crippen molar-refractivity contribution in [3.63, 3.8) is 0 Å². The van der Waals surface area contributed by atoms with Crippen molar-refractivity contribution in [2.45, 2.75) is 19.8 Å². The van der Waals surface area contributed by atoms with Crippen LogP contribution in [0.25, 0.3) is 0 Å². The first-order valence-electron chi connectivity index (χ1n) is 9.10. The fraction of sp³-hybridized carbons (Fsp3) is 0.526. The maximum absolute atomic E-state index is 12.8. The number of likely N-dealkylation sites (tertiary alicyclic amines) is 1. The zero-order valence-electron chi connectivity index (χ0n) is 14.5. The van der Waals surface area contributed by atoms with Crippen molar-refractivity contribution in [1.82, 2.24) is 15.1 Å². The highest BCUT2D eigenvalue weighted by Gasteiger charge is 2.39. The van der Waals surface area contributed by atoms with Crippen LogP contribution < -0.4 is 5.32 Å². The summed E-state index contributed by atoms with van der Waals surface area (Å²) >= 11 is 0. The summed E-state index contributed by atoms with van der Waals surface area (Å²) in [6.45, 7) is 5.94. The zero-order chi connectivity index (χ0) is 17.6. The van der Waals surface area contributed by atoms with Gasteiger partial charge in [0.05, 0.1) is 11.1 Å². The molecule has 1 aromatic rings. The smallest absolute Gasteiger partial charge is 0.261 e. The van der Waals surface area contributed by atoms with Gasteiger partial charge in [-0.1, -0.05) is 13.3 Å². The third-order valence-corrected chi connectivity index (χ3v) is 5.63. The lowest BCUT2D eigenvalue weighted by molar-refractivity contribution is 0.0652. The van der Waals surface area contributed by atoms with Gasteiger partial charge in [-0.25, -0.2) is 0 Å². The Hall–Kier alpha value is -2.21. The summed E-state index contributed by atoms with van der Waals surface area (Å²) in [6, 6.07) is 4.92. The van der Waals surface area contributed by atoms with Gasteiger partial charge in [0, 0.05) is 38.3 Å². The third kappa shape index (κ3) is 2.65. The molecule has 0 aliphatic carbocycles. The minimum absolute atomic E-state index is 0.0375. The summed E-state index contributed by atoms with van der Waals surface area (Å²) in [7, 11) is 0. The van der Waals surface area contributed by atoms with Gasteiger partial charge in [-0.2, -0.15) is 0 Å². The minimum atomic E-state index is -0.273. The first kappa shape index (κ1) is 16.3. The number of nitrogens with zero attached hydrogens (tertiary/aromatic N) is 2. The number of imide groups is 1. The van der Waals surface area contributed by atoms with Gasteiger partial charge < -0.3 is 10.2 Å². The van der Waals surface area contributed by atoms with E-state index in [0.717, 1.165) is 39.0 Å². The summed E-state index contributed by atoms with van der Waals surface area (Å²) in [5, 5.41) is 3.36. The van der Waals surface area contributed by atoms with E-state index < -0.39 is 0 Å². The van der Waals surface area contributed by atoms with E-state index in [9.17, 15) is 14.4 Å². The molecule has 2 saturated heterocycles. The second kappa shape index (κ2) is 6.26. The molecule has 25 heavy (non-hydrogen) atoms. The van der Waals surface area contributed by atoms with E-state index in [4.69, 9.17) is 0 Å². The summed E-state index contributed by atoms with van der Waals surface area (Å²) in [5.41, 5.74) is 1.29. The number of carbonyl (C=O) groups is 3. The summed E-state index contributed by atoms with van der Waals surface area (Å²) in [6.07, 6.45) is 1.71. The van der Waals surface area contributed by atoms with Gasteiger partial charge in [0.2, 0.25) is 0 Å². The standard InChI is InChI=1S/C19H23N3O3/c1-2-3-6-22-18(24)15-5-4-12(7-16(15)19(22)25)17(23)21-10-13-8-20-9-14(13)11-21/h4-5,7,13-14,20H,2-3,6,8-11H2,1H3/t13-,14+. The first-order valence-corrected chi connectivity index (χ1v) is 9.10. The van der Waals surface area contributed by atoms with E-state index >= 15 is 0 Å². The molecule has 3 aliphatic heterocycles. The van der Waals surface area contributed by atoms with Crippen LogP contribution in [0.1, 0.15) is 50.8 Å². The second-order valence-electron chi connectivity index (χ2n) is 7.26. The number of carbonyl (C=O) groups excluding carboxylic acids is 3. The number of fused-ring (bicyclic) bond motifs is 2. The molecule has 0 radical (unpaired) electrons. The van der Waals surface area contributed by atoms with Crippen molar-refractivity contribution >= 4 is 17.7 Å². The van der Waals surface area contributed by atoms with Crippen molar-refractivity contribution in [2.24, 2.45) is 11.8 Å². The summed E-state index contributed by atoms with van der Waals surface area (Å²) in [5.74, 6) is 0.515. The van der Waals surface area contributed by atoms with Gasteiger partial charge in [-0.15, -0.1) is 0 Å². The molecule has 6 nitrogen and oxygen atoms in total. The topological polar surface area (TPSA) is 69.7 Å². The highest BCUT2D eigenvalue weighted by atomic mass is 16.2. The van der Waals surface area contributed by atoms with E-state index in [1.165, 1.54) is 4.90 Å². The molecule has 6 heteroatoms. The molecule has 0 bridgehead atoms. The van der Waals surface area contributed by atoms with Crippen molar-refractivity contribution in [3.8, 4) is 0 Å². The van der Waals surface area contributed by atoms with Crippen molar-refractivity contribution in [1.29, 1.82) is 0 Å². The molecule has 3 aliphatic rings. The van der Waals surface area contributed by atoms with E-state index in [-0.39, 0.29) is 17.7 Å². The van der Waals surface area contributed by atoms with Crippen LogP contribution in [-0.2, 0) is 0 Å². The van der Waals surface area contributed by atoms with Crippen LogP contribution in [0.15, 0.2) is 18.2 Å².